The van der Waals surface area contributed by atoms with Gasteiger partial charge in [-0.3, -0.25) is 9.59 Å². The van der Waals surface area contributed by atoms with E-state index < -0.39 is 0 Å². The average Bonchev–Trinajstić information content (AvgIpc) is 3.15. The number of para-hydroxylation sites is 1. The van der Waals surface area contributed by atoms with E-state index in [1.807, 2.05) is 18.4 Å². The highest BCUT2D eigenvalue weighted by Gasteiger charge is 2.20. The van der Waals surface area contributed by atoms with Crippen LogP contribution in [0.5, 0.6) is 0 Å². The van der Waals surface area contributed by atoms with Gasteiger partial charge in [-0.05, 0) is 30.2 Å². The fourth-order valence-corrected chi connectivity index (χ4v) is 4.13. The van der Waals surface area contributed by atoms with Crippen LogP contribution in [0.4, 0.5) is 10.1 Å². The maximum Gasteiger partial charge on any atom is 0.244 e. The zero-order chi connectivity index (χ0) is 24.0. The van der Waals surface area contributed by atoms with Crippen LogP contribution in [0.2, 0.25) is 5.02 Å². The number of nitrogens with zero attached hydrogens (tertiary/aromatic N) is 4. The average molecular weight is 490 g/mol. The summed E-state index contributed by atoms with van der Waals surface area (Å²) in [7, 11) is 1.55. The fourth-order valence-electron chi connectivity index (χ4n) is 3.06. The number of carbonyl (C=O) groups is 2. The molecule has 1 heterocycles. The summed E-state index contributed by atoms with van der Waals surface area (Å²) >= 11 is 7.26. The van der Waals surface area contributed by atoms with Crippen LogP contribution < -0.4 is 5.32 Å². The minimum atomic E-state index is -0.383. The van der Waals surface area contributed by atoms with Crippen LogP contribution >= 0.6 is 23.4 Å². The van der Waals surface area contributed by atoms with Crippen molar-refractivity contribution in [2.24, 2.45) is 5.92 Å². The molecular weight excluding hydrogens is 465 g/mol. The van der Waals surface area contributed by atoms with E-state index in [0.29, 0.717) is 33.8 Å². The lowest BCUT2D eigenvalue weighted by molar-refractivity contribution is -0.131. The van der Waals surface area contributed by atoms with E-state index in [-0.39, 0.29) is 35.8 Å². The molecule has 10 heteroatoms. The molecule has 0 unspecified atom stereocenters. The standard InChI is InChI=1S/C23H25ClFN5O2S/c1-15(2)12-30-22(16-8-4-6-10-18(16)25)27-28-23(30)33-14-21(32)29(3)13-20(31)26-19-11-7-5-9-17(19)24/h4-11,15H,12-14H2,1-3H3,(H,26,31). The lowest BCUT2D eigenvalue weighted by Crippen LogP contribution is -2.36. The van der Waals surface area contributed by atoms with Crippen molar-refractivity contribution in [1.82, 2.24) is 19.7 Å². The number of amides is 2. The van der Waals surface area contributed by atoms with Crippen LogP contribution in [-0.2, 0) is 16.1 Å². The zero-order valence-electron chi connectivity index (χ0n) is 18.6. The van der Waals surface area contributed by atoms with Crippen LogP contribution in [0, 0.1) is 11.7 Å². The van der Waals surface area contributed by atoms with Crippen LogP contribution in [-0.4, -0.2) is 50.8 Å². The van der Waals surface area contributed by atoms with Gasteiger partial charge in [-0.2, -0.15) is 0 Å². The smallest absolute Gasteiger partial charge is 0.244 e. The third-order valence-electron chi connectivity index (χ3n) is 4.66. The Labute approximate surface area is 201 Å². The number of likely N-dealkylation sites (N-methyl/N-ethyl adjacent to an activating group) is 1. The van der Waals surface area contributed by atoms with E-state index in [2.05, 4.69) is 15.5 Å². The number of anilines is 1. The first-order chi connectivity index (χ1) is 15.8. The molecule has 1 aromatic heterocycles. The van der Waals surface area contributed by atoms with E-state index >= 15 is 0 Å². The van der Waals surface area contributed by atoms with Crippen molar-refractivity contribution in [3.05, 3.63) is 59.4 Å². The quantitative estimate of drug-likeness (QED) is 0.445. The van der Waals surface area contributed by atoms with Crippen molar-refractivity contribution in [1.29, 1.82) is 0 Å². The molecule has 0 aliphatic carbocycles. The minimum Gasteiger partial charge on any atom is -0.336 e. The highest BCUT2D eigenvalue weighted by molar-refractivity contribution is 7.99. The third kappa shape index (κ3) is 6.55. The number of thioether (sulfide) groups is 1. The van der Waals surface area contributed by atoms with Gasteiger partial charge >= 0.3 is 0 Å². The van der Waals surface area contributed by atoms with Crippen molar-refractivity contribution in [2.75, 3.05) is 24.7 Å². The van der Waals surface area contributed by atoms with Gasteiger partial charge in [-0.15, -0.1) is 10.2 Å². The third-order valence-corrected chi connectivity index (χ3v) is 5.94. The molecule has 0 fully saturated rings. The second-order valence-electron chi connectivity index (χ2n) is 7.86. The molecule has 0 saturated heterocycles. The summed E-state index contributed by atoms with van der Waals surface area (Å²) in [5.41, 5.74) is 0.846. The molecule has 0 spiro atoms. The lowest BCUT2D eigenvalue weighted by Gasteiger charge is -2.17. The Morgan fingerprint density at radius 2 is 1.85 bits per heavy atom. The van der Waals surface area contributed by atoms with Crippen LogP contribution in [0.3, 0.4) is 0 Å². The van der Waals surface area contributed by atoms with Gasteiger partial charge < -0.3 is 14.8 Å². The SMILES string of the molecule is CC(C)Cn1c(SCC(=O)N(C)CC(=O)Nc2ccccc2Cl)nnc1-c1ccccc1F. The van der Waals surface area contributed by atoms with Gasteiger partial charge in [0.2, 0.25) is 11.8 Å². The van der Waals surface area contributed by atoms with Gasteiger partial charge in [0.25, 0.3) is 0 Å². The fraction of sp³-hybridized carbons (Fsp3) is 0.304. The number of aromatic nitrogens is 3. The molecule has 7 nitrogen and oxygen atoms in total. The Bertz CT molecular complexity index is 1140. The Kier molecular flexibility index (Phi) is 8.46. The van der Waals surface area contributed by atoms with Gasteiger partial charge in [-0.25, -0.2) is 4.39 Å². The lowest BCUT2D eigenvalue weighted by atomic mass is 10.2. The number of hydrogen-bond donors (Lipinski definition) is 1. The molecule has 2 aromatic carbocycles. The predicted molar refractivity (Wildman–Crippen MR) is 129 cm³/mol. The molecule has 1 N–H and O–H groups in total. The number of nitrogens with one attached hydrogen (secondary N) is 1. The molecule has 33 heavy (non-hydrogen) atoms. The Hall–Kier alpha value is -2.91. The molecule has 2 amide bonds. The van der Waals surface area contributed by atoms with Crippen molar-refractivity contribution in [3.8, 4) is 11.4 Å². The molecule has 0 atom stereocenters. The van der Waals surface area contributed by atoms with E-state index in [4.69, 9.17) is 11.6 Å². The van der Waals surface area contributed by atoms with Crippen LogP contribution in [0.15, 0.2) is 53.7 Å². The largest absolute Gasteiger partial charge is 0.336 e. The monoisotopic (exact) mass is 489 g/mol. The molecule has 0 aliphatic rings. The maximum atomic E-state index is 14.3. The molecule has 0 aliphatic heterocycles. The first-order valence-corrected chi connectivity index (χ1v) is 11.7. The van der Waals surface area contributed by atoms with Crippen molar-refractivity contribution < 1.29 is 14.0 Å². The Balaban J connectivity index is 1.65. The Morgan fingerprint density at radius 3 is 2.55 bits per heavy atom. The summed E-state index contributed by atoms with van der Waals surface area (Å²) in [6.45, 7) is 4.53. The van der Waals surface area contributed by atoms with Gasteiger partial charge in [0.05, 0.1) is 28.6 Å². The summed E-state index contributed by atoms with van der Waals surface area (Å²) in [6.07, 6.45) is 0. The van der Waals surface area contributed by atoms with Gasteiger partial charge in [0.15, 0.2) is 11.0 Å². The molecule has 0 radical (unpaired) electrons. The molecule has 0 saturated carbocycles. The van der Waals surface area contributed by atoms with E-state index in [1.165, 1.54) is 22.7 Å². The van der Waals surface area contributed by atoms with E-state index in [9.17, 15) is 14.0 Å². The van der Waals surface area contributed by atoms with Crippen LogP contribution in [0.1, 0.15) is 13.8 Å². The van der Waals surface area contributed by atoms with Gasteiger partial charge in [-0.1, -0.05) is 61.5 Å². The summed E-state index contributed by atoms with van der Waals surface area (Å²) < 4.78 is 16.2. The number of hydrogen-bond acceptors (Lipinski definition) is 5. The highest BCUT2D eigenvalue weighted by Crippen LogP contribution is 2.27. The number of rotatable bonds is 9. The maximum absolute atomic E-state index is 14.3. The molecular formula is C23H25ClFN5O2S. The zero-order valence-corrected chi connectivity index (χ0v) is 20.2. The topological polar surface area (TPSA) is 80.1 Å². The molecule has 3 rings (SSSR count). The highest BCUT2D eigenvalue weighted by atomic mass is 35.5. The van der Waals surface area contributed by atoms with Crippen LogP contribution in [0.25, 0.3) is 11.4 Å². The van der Waals surface area contributed by atoms with Crippen molar-refractivity contribution >= 4 is 40.9 Å². The van der Waals surface area contributed by atoms with E-state index in [1.54, 1.807) is 49.5 Å². The van der Waals surface area contributed by atoms with Gasteiger partial charge in [0, 0.05) is 13.6 Å². The molecule has 0 bridgehead atoms. The second-order valence-corrected chi connectivity index (χ2v) is 9.21. The predicted octanol–water partition coefficient (Wildman–Crippen LogP) is 4.58. The molecule has 3 aromatic rings. The number of carbonyl (C=O) groups excluding carboxylic acids is 2. The molecule has 174 valence electrons. The summed E-state index contributed by atoms with van der Waals surface area (Å²) in [5, 5.41) is 12.0. The summed E-state index contributed by atoms with van der Waals surface area (Å²) in [6, 6.07) is 13.3. The first-order valence-electron chi connectivity index (χ1n) is 10.4. The normalized spacial score (nSPS) is 11.0. The minimum absolute atomic E-state index is 0.0589. The first kappa shape index (κ1) is 24.7. The van der Waals surface area contributed by atoms with Gasteiger partial charge in [0.1, 0.15) is 5.82 Å². The Morgan fingerprint density at radius 1 is 1.15 bits per heavy atom. The summed E-state index contributed by atoms with van der Waals surface area (Å²) in [5.74, 6) is -0.244. The number of halogens is 2. The number of benzene rings is 2. The second kappa shape index (κ2) is 11.3. The van der Waals surface area contributed by atoms with Crippen molar-refractivity contribution in [3.63, 3.8) is 0 Å². The van der Waals surface area contributed by atoms with E-state index in [0.717, 1.165) is 0 Å². The summed E-state index contributed by atoms with van der Waals surface area (Å²) in [4.78, 5) is 26.2. The van der Waals surface area contributed by atoms with Crippen molar-refractivity contribution in [2.45, 2.75) is 25.5 Å².